The highest BCUT2D eigenvalue weighted by molar-refractivity contribution is 5.93. The summed E-state index contributed by atoms with van der Waals surface area (Å²) in [7, 11) is 2.04. The molecule has 0 fully saturated rings. The summed E-state index contributed by atoms with van der Waals surface area (Å²) >= 11 is 0. The molecule has 0 amide bonds. The molecule has 0 aliphatic carbocycles. The second-order valence-corrected chi connectivity index (χ2v) is 7.80. The standard InChI is InChI=1S/C25H26FN3/c1-17-5-7-21(8-6-17)16-29-19(3)18(2)23-13-14-27-25(24(23)29)28(4)15-20-9-11-22(26)12-10-20/h5-14H,15-16H2,1-4H3. The molecular formula is C25H26FN3. The molecule has 2 heterocycles. The Morgan fingerprint density at radius 3 is 2.24 bits per heavy atom. The van der Waals surface area contributed by atoms with E-state index < -0.39 is 0 Å². The van der Waals surface area contributed by atoms with Crippen LogP contribution in [0.25, 0.3) is 10.9 Å². The van der Waals surface area contributed by atoms with Crippen LogP contribution in [0.1, 0.15) is 27.9 Å². The van der Waals surface area contributed by atoms with Crippen molar-refractivity contribution in [2.45, 2.75) is 33.9 Å². The first kappa shape index (κ1) is 19.2. The molecule has 4 heteroatoms. The van der Waals surface area contributed by atoms with Crippen molar-refractivity contribution in [3.8, 4) is 0 Å². The molecule has 0 saturated heterocycles. The molecule has 148 valence electrons. The zero-order chi connectivity index (χ0) is 20.5. The van der Waals surface area contributed by atoms with E-state index in [4.69, 9.17) is 4.98 Å². The molecule has 0 atom stereocenters. The van der Waals surface area contributed by atoms with Crippen LogP contribution >= 0.6 is 0 Å². The van der Waals surface area contributed by atoms with Crippen molar-refractivity contribution in [3.63, 3.8) is 0 Å². The van der Waals surface area contributed by atoms with E-state index in [0.717, 1.165) is 23.4 Å². The molecule has 29 heavy (non-hydrogen) atoms. The number of hydrogen-bond donors (Lipinski definition) is 0. The quantitative estimate of drug-likeness (QED) is 0.432. The van der Waals surface area contributed by atoms with Gasteiger partial charge in [0.05, 0.1) is 5.52 Å². The third-order valence-corrected chi connectivity index (χ3v) is 5.68. The maximum Gasteiger partial charge on any atom is 0.153 e. The van der Waals surface area contributed by atoms with E-state index in [-0.39, 0.29) is 5.82 Å². The minimum absolute atomic E-state index is 0.213. The fraction of sp³-hybridized carbons (Fsp3) is 0.240. The van der Waals surface area contributed by atoms with Crippen molar-refractivity contribution in [2.24, 2.45) is 0 Å². The lowest BCUT2D eigenvalue weighted by atomic mass is 10.1. The van der Waals surface area contributed by atoms with Crippen LogP contribution in [0.2, 0.25) is 0 Å². The van der Waals surface area contributed by atoms with Crippen LogP contribution in [0.4, 0.5) is 10.2 Å². The first-order valence-electron chi connectivity index (χ1n) is 9.89. The Balaban J connectivity index is 1.77. The Hall–Kier alpha value is -3.14. The van der Waals surface area contributed by atoms with Crippen molar-refractivity contribution in [1.29, 1.82) is 0 Å². The number of pyridine rings is 1. The molecule has 0 spiro atoms. The fourth-order valence-electron chi connectivity index (χ4n) is 3.87. The average molecular weight is 388 g/mol. The Bertz CT molecular complexity index is 1140. The number of anilines is 1. The van der Waals surface area contributed by atoms with Gasteiger partial charge in [0.25, 0.3) is 0 Å². The number of aromatic nitrogens is 2. The lowest BCUT2D eigenvalue weighted by Crippen LogP contribution is -2.19. The van der Waals surface area contributed by atoms with Crippen LogP contribution in [-0.4, -0.2) is 16.6 Å². The highest BCUT2D eigenvalue weighted by atomic mass is 19.1. The largest absolute Gasteiger partial charge is 0.354 e. The van der Waals surface area contributed by atoms with Gasteiger partial charge in [0, 0.05) is 37.4 Å². The number of hydrogen-bond acceptors (Lipinski definition) is 2. The fourth-order valence-corrected chi connectivity index (χ4v) is 3.87. The van der Waals surface area contributed by atoms with E-state index in [0.29, 0.717) is 6.54 Å². The highest BCUT2D eigenvalue weighted by Gasteiger charge is 2.18. The van der Waals surface area contributed by atoms with E-state index in [2.05, 4.69) is 60.6 Å². The Kier molecular flexibility index (Phi) is 5.10. The number of benzene rings is 2. The van der Waals surface area contributed by atoms with Crippen molar-refractivity contribution < 1.29 is 4.39 Å². The summed E-state index contributed by atoms with van der Waals surface area (Å²) in [5.74, 6) is 0.727. The predicted octanol–water partition coefficient (Wildman–Crippen LogP) is 5.79. The number of nitrogens with zero attached hydrogens (tertiary/aromatic N) is 3. The van der Waals surface area contributed by atoms with Gasteiger partial charge in [-0.05, 0) is 55.7 Å². The van der Waals surface area contributed by atoms with E-state index in [9.17, 15) is 4.39 Å². The SMILES string of the molecule is Cc1ccc(Cn2c(C)c(C)c3ccnc(N(C)Cc4ccc(F)cc4)c32)cc1. The van der Waals surface area contributed by atoms with E-state index in [1.54, 1.807) is 0 Å². The van der Waals surface area contributed by atoms with Crippen molar-refractivity contribution in [2.75, 3.05) is 11.9 Å². The third kappa shape index (κ3) is 3.75. The lowest BCUT2D eigenvalue weighted by Gasteiger charge is -2.21. The van der Waals surface area contributed by atoms with Gasteiger partial charge in [-0.15, -0.1) is 0 Å². The van der Waals surface area contributed by atoms with Crippen molar-refractivity contribution in [1.82, 2.24) is 9.55 Å². The monoisotopic (exact) mass is 387 g/mol. The molecule has 2 aromatic carbocycles. The lowest BCUT2D eigenvalue weighted by molar-refractivity contribution is 0.627. The second kappa shape index (κ2) is 7.70. The molecule has 0 unspecified atom stereocenters. The Morgan fingerprint density at radius 1 is 0.897 bits per heavy atom. The maximum atomic E-state index is 13.3. The average Bonchev–Trinajstić information content (AvgIpc) is 2.96. The van der Waals surface area contributed by atoms with Crippen LogP contribution in [0, 0.1) is 26.6 Å². The minimum Gasteiger partial charge on any atom is -0.354 e. The molecule has 4 aromatic rings. The highest BCUT2D eigenvalue weighted by Crippen LogP contribution is 2.32. The van der Waals surface area contributed by atoms with Gasteiger partial charge in [-0.1, -0.05) is 42.0 Å². The number of aryl methyl sites for hydroxylation is 2. The minimum atomic E-state index is -0.213. The van der Waals surface area contributed by atoms with Crippen LogP contribution in [0.15, 0.2) is 60.8 Å². The van der Waals surface area contributed by atoms with E-state index in [1.165, 1.54) is 39.9 Å². The van der Waals surface area contributed by atoms with Gasteiger partial charge in [0.2, 0.25) is 0 Å². The van der Waals surface area contributed by atoms with Gasteiger partial charge < -0.3 is 9.47 Å². The summed E-state index contributed by atoms with van der Waals surface area (Å²) in [6.07, 6.45) is 1.88. The number of rotatable bonds is 5. The zero-order valence-corrected chi connectivity index (χ0v) is 17.4. The van der Waals surface area contributed by atoms with Crippen molar-refractivity contribution >= 4 is 16.7 Å². The van der Waals surface area contributed by atoms with Crippen LogP contribution in [0.5, 0.6) is 0 Å². The summed E-state index contributed by atoms with van der Waals surface area (Å²) in [5, 5.41) is 1.23. The van der Waals surface area contributed by atoms with Gasteiger partial charge >= 0.3 is 0 Å². The topological polar surface area (TPSA) is 21.1 Å². The van der Waals surface area contributed by atoms with Gasteiger partial charge in [-0.2, -0.15) is 0 Å². The molecular weight excluding hydrogens is 361 g/mol. The smallest absolute Gasteiger partial charge is 0.153 e. The third-order valence-electron chi connectivity index (χ3n) is 5.68. The Morgan fingerprint density at radius 2 is 1.55 bits per heavy atom. The molecule has 4 rings (SSSR count). The first-order valence-corrected chi connectivity index (χ1v) is 9.89. The number of fused-ring (bicyclic) bond motifs is 1. The Labute approximate surface area is 171 Å². The van der Waals surface area contributed by atoms with Crippen molar-refractivity contribution in [3.05, 3.63) is 94.6 Å². The molecule has 0 aliphatic heterocycles. The summed E-state index contributed by atoms with van der Waals surface area (Å²) in [4.78, 5) is 6.86. The summed E-state index contributed by atoms with van der Waals surface area (Å²) in [5.41, 5.74) is 7.27. The second-order valence-electron chi connectivity index (χ2n) is 7.80. The van der Waals surface area contributed by atoms with Gasteiger partial charge in [-0.25, -0.2) is 9.37 Å². The van der Waals surface area contributed by atoms with Crippen LogP contribution in [-0.2, 0) is 13.1 Å². The normalized spacial score (nSPS) is 11.2. The molecule has 0 saturated carbocycles. The van der Waals surface area contributed by atoms with E-state index >= 15 is 0 Å². The first-order chi connectivity index (χ1) is 13.9. The molecule has 3 nitrogen and oxygen atoms in total. The molecule has 2 aromatic heterocycles. The predicted molar refractivity (Wildman–Crippen MR) is 118 cm³/mol. The molecule has 0 radical (unpaired) electrons. The summed E-state index contributed by atoms with van der Waals surface area (Å²) < 4.78 is 15.6. The molecule has 0 aliphatic rings. The summed E-state index contributed by atoms with van der Waals surface area (Å²) in [6, 6.07) is 17.5. The van der Waals surface area contributed by atoms with Crippen LogP contribution in [0.3, 0.4) is 0 Å². The van der Waals surface area contributed by atoms with Crippen LogP contribution < -0.4 is 4.90 Å². The molecule has 0 N–H and O–H groups in total. The van der Waals surface area contributed by atoms with Gasteiger partial charge in [0.1, 0.15) is 5.82 Å². The zero-order valence-electron chi connectivity index (χ0n) is 17.4. The van der Waals surface area contributed by atoms with Gasteiger partial charge in [0.15, 0.2) is 5.82 Å². The van der Waals surface area contributed by atoms with Gasteiger partial charge in [-0.3, -0.25) is 0 Å². The maximum absolute atomic E-state index is 13.3. The molecule has 0 bridgehead atoms. The van der Waals surface area contributed by atoms with E-state index in [1.807, 2.05) is 25.4 Å². The summed E-state index contributed by atoms with van der Waals surface area (Å²) in [6.45, 7) is 7.93. The number of halogens is 1.